The number of carbonyl (C=O) groups excluding carboxylic acids is 3. The maximum absolute atomic E-state index is 12.7. The highest BCUT2D eigenvalue weighted by Gasteiger charge is 2.33. The molecule has 0 atom stereocenters. The zero-order chi connectivity index (χ0) is 21.7. The number of nitrogens with one attached hydrogen (secondary N) is 1. The number of hydrogen-bond acceptors (Lipinski definition) is 7. The van der Waals surface area contributed by atoms with Crippen LogP contribution in [0.4, 0.5) is 0 Å². The third kappa shape index (κ3) is 5.26. The largest absolute Gasteiger partial charge is 0.481 e. The minimum absolute atomic E-state index is 0.214. The number of thioether (sulfide) groups is 1. The number of methoxy groups -OCH3 is 1. The summed E-state index contributed by atoms with van der Waals surface area (Å²) in [5.74, 6) is -0.883. The number of halogens is 1. The van der Waals surface area contributed by atoms with Gasteiger partial charge in [0.2, 0.25) is 0 Å². The first-order chi connectivity index (χ1) is 14.4. The third-order valence-electron chi connectivity index (χ3n) is 3.87. The molecule has 1 saturated heterocycles. The molecule has 7 nitrogen and oxygen atoms in total. The number of amides is 2. The summed E-state index contributed by atoms with van der Waals surface area (Å²) in [5, 5.41) is 1.06. The Labute approximate surface area is 190 Å². The van der Waals surface area contributed by atoms with Gasteiger partial charge in [0.25, 0.3) is 11.8 Å². The van der Waals surface area contributed by atoms with Gasteiger partial charge in [-0.15, -0.1) is 0 Å². The van der Waals surface area contributed by atoms with Crippen LogP contribution in [0.3, 0.4) is 0 Å². The first-order valence-electron chi connectivity index (χ1n) is 8.52. The minimum atomic E-state index is -0.493. The van der Waals surface area contributed by atoms with E-state index >= 15 is 0 Å². The summed E-state index contributed by atoms with van der Waals surface area (Å²) in [5.41, 5.74) is 3.66. The molecule has 0 radical (unpaired) electrons. The van der Waals surface area contributed by atoms with Crippen LogP contribution in [0.15, 0.2) is 57.9 Å². The van der Waals surface area contributed by atoms with Crippen molar-refractivity contribution in [2.45, 2.75) is 0 Å². The molecule has 0 aromatic heterocycles. The molecule has 3 rings (SSSR count). The van der Waals surface area contributed by atoms with Gasteiger partial charge in [-0.25, -0.2) is 4.79 Å². The standard InChI is InChI=1S/C20H15BrN2O5S2/c1-27-17(24)11-28-15-8-7-12(9-14(15)21)10-16-19(26)23(20(29)30-16)22-18(25)13-5-3-2-4-6-13/h2-10H,11H2,1H3,(H,22,25)/b16-10-. The molecule has 2 aromatic rings. The highest BCUT2D eigenvalue weighted by Crippen LogP contribution is 2.33. The van der Waals surface area contributed by atoms with Crippen molar-refractivity contribution in [2.24, 2.45) is 0 Å². The Morgan fingerprint density at radius 2 is 1.97 bits per heavy atom. The normalized spacial score (nSPS) is 14.7. The molecule has 0 bridgehead atoms. The molecule has 1 aliphatic heterocycles. The van der Waals surface area contributed by atoms with Gasteiger partial charge in [0.1, 0.15) is 5.75 Å². The van der Waals surface area contributed by atoms with Crippen molar-refractivity contribution in [1.29, 1.82) is 0 Å². The van der Waals surface area contributed by atoms with E-state index in [-0.39, 0.29) is 10.9 Å². The van der Waals surface area contributed by atoms with Crippen LogP contribution >= 0.6 is 39.9 Å². The number of hydrazine groups is 1. The SMILES string of the molecule is COC(=O)COc1ccc(/C=C2\SC(=S)N(NC(=O)c3ccccc3)C2=O)cc1Br. The predicted octanol–water partition coefficient (Wildman–Crippen LogP) is 3.55. The molecule has 1 fully saturated rings. The van der Waals surface area contributed by atoms with E-state index in [4.69, 9.17) is 17.0 Å². The fourth-order valence-electron chi connectivity index (χ4n) is 2.39. The molecule has 2 aromatic carbocycles. The number of nitrogens with zero attached hydrogens (tertiary/aromatic N) is 1. The van der Waals surface area contributed by atoms with Gasteiger partial charge in [-0.05, 0) is 64.1 Å². The molecular weight excluding hydrogens is 492 g/mol. The number of esters is 1. The lowest BCUT2D eigenvalue weighted by Crippen LogP contribution is -2.44. The van der Waals surface area contributed by atoms with Crippen molar-refractivity contribution in [3.63, 3.8) is 0 Å². The van der Waals surface area contributed by atoms with E-state index in [0.717, 1.165) is 16.8 Å². The lowest BCUT2D eigenvalue weighted by molar-refractivity contribution is -0.142. The lowest BCUT2D eigenvalue weighted by atomic mass is 10.2. The number of ether oxygens (including phenoxy) is 2. The molecule has 0 aliphatic carbocycles. The summed E-state index contributed by atoms with van der Waals surface area (Å²) >= 11 is 9.70. The highest BCUT2D eigenvalue weighted by atomic mass is 79.9. The van der Waals surface area contributed by atoms with Crippen LogP contribution < -0.4 is 10.2 Å². The Bertz CT molecular complexity index is 1040. The molecule has 1 N–H and O–H groups in total. The number of rotatable bonds is 6. The average Bonchev–Trinajstić information content (AvgIpc) is 3.00. The molecule has 154 valence electrons. The Kier molecular flexibility index (Phi) is 7.24. The number of carbonyl (C=O) groups is 3. The fourth-order valence-corrected chi connectivity index (χ4v) is 4.08. The molecular formula is C20H15BrN2O5S2. The van der Waals surface area contributed by atoms with Gasteiger partial charge in [-0.1, -0.05) is 36.0 Å². The monoisotopic (exact) mass is 506 g/mol. The maximum Gasteiger partial charge on any atom is 0.343 e. The van der Waals surface area contributed by atoms with Gasteiger partial charge < -0.3 is 9.47 Å². The minimum Gasteiger partial charge on any atom is -0.481 e. The molecule has 30 heavy (non-hydrogen) atoms. The van der Waals surface area contributed by atoms with Crippen molar-refractivity contribution in [2.75, 3.05) is 13.7 Å². The van der Waals surface area contributed by atoms with Gasteiger partial charge >= 0.3 is 5.97 Å². The summed E-state index contributed by atoms with van der Waals surface area (Å²) in [6.07, 6.45) is 1.66. The van der Waals surface area contributed by atoms with Crippen LogP contribution in [0.1, 0.15) is 15.9 Å². The van der Waals surface area contributed by atoms with E-state index < -0.39 is 17.8 Å². The second-order valence-corrected chi connectivity index (χ2v) is 8.41. The fraction of sp³-hybridized carbons (Fsp3) is 0.100. The summed E-state index contributed by atoms with van der Waals surface area (Å²) in [4.78, 5) is 36.6. The predicted molar refractivity (Wildman–Crippen MR) is 121 cm³/mol. The molecule has 0 spiro atoms. The molecule has 2 amide bonds. The van der Waals surface area contributed by atoms with E-state index in [9.17, 15) is 14.4 Å². The second-order valence-electron chi connectivity index (χ2n) is 5.88. The summed E-state index contributed by atoms with van der Waals surface area (Å²) in [7, 11) is 1.28. The van der Waals surface area contributed by atoms with Gasteiger partial charge in [0, 0.05) is 5.56 Å². The average molecular weight is 507 g/mol. The second kappa shape index (κ2) is 9.88. The Morgan fingerprint density at radius 1 is 1.23 bits per heavy atom. The summed E-state index contributed by atoms with van der Waals surface area (Å²) in [6.45, 7) is -0.214. The molecule has 10 heteroatoms. The summed E-state index contributed by atoms with van der Waals surface area (Å²) in [6, 6.07) is 13.7. The van der Waals surface area contributed by atoms with Crippen LogP contribution in [0.2, 0.25) is 0 Å². The van der Waals surface area contributed by atoms with Crippen molar-refractivity contribution in [3.8, 4) is 5.75 Å². The highest BCUT2D eigenvalue weighted by molar-refractivity contribution is 9.10. The van der Waals surface area contributed by atoms with E-state index in [1.165, 1.54) is 7.11 Å². The van der Waals surface area contributed by atoms with Gasteiger partial charge in [0.15, 0.2) is 10.9 Å². The van der Waals surface area contributed by atoms with Gasteiger partial charge in [-0.2, -0.15) is 5.01 Å². The number of benzene rings is 2. The molecule has 1 aliphatic rings. The van der Waals surface area contributed by atoms with Crippen LogP contribution in [0, 0.1) is 0 Å². The van der Waals surface area contributed by atoms with Crippen molar-refractivity contribution < 1.29 is 23.9 Å². The first kappa shape index (κ1) is 22.0. The molecule has 1 heterocycles. The zero-order valence-corrected chi connectivity index (χ0v) is 18.8. The first-order valence-corrected chi connectivity index (χ1v) is 10.5. The van der Waals surface area contributed by atoms with Crippen LogP contribution in [0.5, 0.6) is 5.75 Å². The Hall–Kier alpha value is -2.69. The van der Waals surface area contributed by atoms with Crippen molar-refractivity contribution >= 4 is 68.1 Å². The smallest absolute Gasteiger partial charge is 0.343 e. The summed E-state index contributed by atoms with van der Waals surface area (Å²) < 4.78 is 10.7. The number of hydrogen-bond donors (Lipinski definition) is 1. The zero-order valence-electron chi connectivity index (χ0n) is 15.6. The topological polar surface area (TPSA) is 84.9 Å². The van der Waals surface area contributed by atoms with Gasteiger partial charge in [-0.3, -0.25) is 15.0 Å². The third-order valence-corrected chi connectivity index (χ3v) is 5.79. The van der Waals surface area contributed by atoms with E-state index in [2.05, 4.69) is 26.1 Å². The quantitative estimate of drug-likeness (QED) is 0.364. The van der Waals surface area contributed by atoms with E-state index in [1.54, 1.807) is 54.6 Å². The van der Waals surface area contributed by atoms with Crippen molar-refractivity contribution in [3.05, 3.63) is 69.0 Å². The lowest BCUT2D eigenvalue weighted by Gasteiger charge is -2.15. The molecule has 0 saturated carbocycles. The van der Waals surface area contributed by atoms with Crippen LogP contribution in [-0.4, -0.2) is 40.8 Å². The van der Waals surface area contributed by atoms with Crippen LogP contribution in [0.25, 0.3) is 6.08 Å². The maximum atomic E-state index is 12.7. The Balaban J connectivity index is 1.71. The van der Waals surface area contributed by atoms with Crippen LogP contribution in [-0.2, 0) is 14.3 Å². The Morgan fingerprint density at radius 3 is 2.63 bits per heavy atom. The molecule has 0 unspecified atom stereocenters. The number of thiocarbonyl (C=S) groups is 1. The van der Waals surface area contributed by atoms with E-state index in [0.29, 0.717) is 26.3 Å². The van der Waals surface area contributed by atoms with Gasteiger partial charge in [0.05, 0.1) is 16.5 Å². The van der Waals surface area contributed by atoms with E-state index in [1.807, 2.05) is 0 Å². The van der Waals surface area contributed by atoms with Crippen molar-refractivity contribution in [1.82, 2.24) is 10.4 Å².